The molecule has 0 aliphatic carbocycles. The van der Waals surface area contributed by atoms with Gasteiger partial charge in [-0.3, -0.25) is 9.69 Å². The average molecular weight is 319 g/mol. The summed E-state index contributed by atoms with van der Waals surface area (Å²) in [6, 6.07) is 8.92. The maximum absolute atomic E-state index is 12.5. The van der Waals surface area contributed by atoms with Gasteiger partial charge in [-0.1, -0.05) is 38.1 Å². The summed E-state index contributed by atoms with van der Waals surface area (Å²) < 4.78 is 0. The number of nitrogens with two attached hydrogens (primary N) is 1. The molecule has 0 heterocycles. The first kappa shape index (κ1) is 19.7. The third-order valence-corrected chi connectivity index (χ3v) is 4.98. The van der Waals surface area contributed by atoms with Gasteiger partial charge < -0.3 is 11.1 Å². The first-order valence-corrected chi connectivity index (χ1v) is 8.65. The van der Waals surface area contributed by atoms with Crippen molar-refractivity contribution in [2.75, 3.05) is 13.6 Å². The smallest absolute Gasteiger partial charge is 0.227 e. The normalized spacial score (nSPS) is 12.0. The molecule has 0 aliphatic rings. The fraction of sp³-hybridized carbons (Fsp3) is 0.632. The van der Waals surface area contributed by atoms with Gasteiger partial charge in [0.25, 0.3) is 0 Å². The van der Waals surface area contributed by atoms with Crippen LogP contribution in [-0.4, -0.2) is 30.4 Å². The number of benzene rings is 1. The summed E-state index contributed by atoms with van der Waals surface area (Å²) in [6.07, 6.45) is 1.54. The maximum Gasteiger partial charge on any atom is 0.227 e. The number of carbonyl (C=O) groups excluding carboxylic acids is 1. The van der Waals surface area contributed by atoms with Crippen LogP contribution < -0.4 is 11.1 Å². The molecule has 0 aromatic heterocycles. The van der Waals surface area contributed by atoms with E-state index in [1.807, 2.05) is 13.8 Å². The van der Waals surface area contributed by atoms with Gasteiger partial charge in [0.1, 0.15) is 0 Å². The van der Waals surface area contributed by atoms with E-state index in [1.165, 1.54) is 5.56 Å². The zero-order valence-corrected chi connectivity index (χ0v) is 15.4. The summed E-state index contributed by atoms with van der Waals surface area (Å²) in [5.41, 5.74) is 7.80. The second-order valence-corrected chi connectivity index (χ2v) is 6.70. The molecule has 23 heavy (non-hydrogen) atoms. The highest BCUT2D eigenvalue weighted by atomic mass is 16.2. The molecule has 130 valence electrons. The van der Waals surface area contributed by atoms with E-state index in [2.05, 4.69) is 55.4 Å². The summed E-state index contributed by atoms with van der Waals surface area (Å²) >= 11 is 0. The second kappa shape index (κ2) is 9.04. The highest BCUT2D eigenvalue weighted by Gasteiger charge is 2.32. The third kappa shape index (κ3) is 5.33. The van der Waals surface area contributed by atoms with Crippen LogP contribution in [0.4, 0.5) is 0 Å². The number of hydrogen-bond donors (Lipinski definition) is 2. The van der Waals surface area contributed by atoms with Crippen molar-refractivity contribution in [3.8, 4) is 0 Å². The molecular formula is C19H33N3O. The van der Waals surface area contributed by atoms with Crippen LogP contribution in [0.2, 0.25) is 0 Å². The van der Waals surface area contributed by atoms with E-state index < -0.39 is 5.41 Å². The monoisotopic (exact) mass is 319 g/mol. The summed E-state index contributed by atoms with van der Waals surface area (Å²) in [6.45, 7) is 10.3. The Kier molecular flexibility index (Phi) is 7.73. The van der Waals surface area contributed by atoms with Crippen LogP contribution >= 0.6 is 0 Å². The highest BCUT2D eigenvalue weighted by Crippen LogP contribution is 2.25. The minimum absolute atomic E-state index is 0.0645. The molecule has 0 saturated carbocycles. The summed E-state index contributed by atoms with van der Waals surface area (Å²) in [5.74, 6) is 0.0645. The highest BCUT2D eigenvalue weighted by molar-refractivity contribution is 5.82. The van der Waals surface area contributed by atoms with E-state index in [0.717, 1.165) is 24.9 Å². The molecule has 0 saturated heterocycles. The molecule has 4 nitrogen and oxygen atoms in total. The Labute approximate surface area is 141 Å². The van der Waals surface area contributed by atoms with Crippen molar-refractivity contribution in [1.29, 1.82) is 0 Å². The molecule has 4 heteroatoms. The minimum Gasteiger partial charge on any atom is -0.352 e. The second-order valence-electron chi connectivity index (χ2n) is 6.70. The standard InChI is InChI=1S/C19H33N3O/c1-6-19(7-2,14-20)18(23)21-12-16-9-8-10-17(11-16)13-22(5)15(3)4/h8-11,15H,6-7,12-14,20H2,1-5H3,(H,21,23). The zero-order valence-electron chi connectivity index (χ0n) is 15.4. The molecule has 0 aliphatic heterocycles. The van der Waals surface area contributed by atoms with E-state index in [9.17, 15) is 4.79 Å². The van der Waals surface area contributed by atoms with Crippen LogP contribution in [0.5, 0.6) is 0 Å². The number of amides is 1. The molecule has 0 bridgehead atoms. The molecule has 1 aromatic carbocycles. The Balaban J connectivity index is 2.70. The summed E-state index contributed by atoms with van der Waals surface area (Å²) in [5, 5.41) is 3.06. The van der Waals surface area contributed by atoms with Gasteiger partial charge in [0, 0.05) is 25.7 Å². The van der Waals surface area contributed by atoms with E-state index >= 15 is 0 Å². The molecule has 0 unspecified atom stereocenters. The quantitative estimate of drug-likeness (QED) is 0.736. The van der Waals surface area contributed by atoms with Gasteiger partial charge in [0.15, 0.2) is 0 Å². The number of rotatable bonds is 9. The van der Waals surface area contributed by atoms with Crippen molar-refractivity contribution in [1.82, 2.24) is 10.2 Å². The van der Waals surface area contributed by atoms with Crippen LogP contribution in [0.25, 0.3) is 0 Å². The lowest BCUT2D eigenvalue weighted by Gasteiger charge is -2.28. The maximum atomic E-state index is 12.5. The van der Waals surface area contributed by atoms with Crippen LogP contribution in [0.3, 0.4) is 0 Å². The van der Waals surface area contributed by atoms with E-state index in [0.29, 0.717) is 19.1 Å². The molecule has 0 atom stereocenters. The van der Waals surface area contributed by atoms with Crippen LogP contribution in [0.15, 0.2) is 24.3 Å². The SMILES string of the molecule is CCC(CC)(CN)C(=O)NCc1cccc(CN(C)C(C)C)c1. The first-order valence-electron chi connectivity index (χ1n) is 8.65. The lowest BCUT2D eigenvalue weighted by molar-refractivity contribution is -0.131. The lowest BCUT2D eigenvalue weighted by Crippen LogP contribution is -2.45. The fourth-order valence-corrected chi connectivity index (χ4v) is 2.63. The summed E-state index contributed by atoms with van der Waals surface area (Å²) in [7, 11) is 2.12. The molecule has 3 N–H and O–H groups in total. The van der Waals surface area contributed by atoms with Crippen molar-refractivity contribution >= 4 is 5.91 Å². The van der Waals surface area contributed by atoms with Crippen molar-refractivity contribution < 1.29 is 4.79 Å². The number of hydrogen-bond acceptors (Lipinski definition) is 3. The van der Waals surface area contributed by atoms with Gasteiger partial charge in [-0.05, 0) is 44.9 Å². The molecular weight excluding hydrogens is 286 g/mol. The summed E-state index contributed by atoms with van der Waals surface area (Å²) in [4.78, 5) is 14.8. The predicted octanol–water partition coefficient (Wildman–Crippen LogP) is 2.91. The van der Waals surface area contributed by atoms with Crippen molar-refractivity contribution in [2.24, 2.45) is 11.1 Å². The van der Waals surface area contributed by atoms with Gasteiger partial charge >= 0.3 is 0 Å². The molecule has 0 fully saturated rings. The van der Waals surface area contributed by atoms with E-state index in [1.54, 1.807) is 0 Å². The van der Waals surface area contributed by atoms with Gasteiger partial charge in [-0.25, -0.2) is 0 Å². The predicted molar refractivity (Wildman–Crippen MR) is 97.0 cm³/mol. The lowest BCUT2D eigenvalue weighted by atomic mass is 9.81. The average Bonchev–Trinajstić information content (AvgIpc) is 2.55. The zero-order chi connectivity index (χ0) is 17.5. The number of nitrogens with zero attached hydrogens (tertiary/aromatic N) is 1. The number of nitrogens with one attached hydrogen (secondary N) is 1. The molecule has 1 amide bonds. The van der Waals surface area contributed by atoms with E-state index in [4.69, 9.17) is 5.73 Å². The number of carbonyl (C=O) groups is 1. The first-order chi connectivity index (χ1) is 10.9. The Hall–Kier alpha value is -1.39. The van der Waals surface area contributed by atoms with Gasteiger partial charge in [0.05, 0.1) is 5.41 Å². The topological polar surface area (TPSA) is 58.4 Å². The Bertz CT molecular complexity index is 487. The van der Waals surface area contributed by atoms with Gasteiger partial charge in [-0.15, -0.1) is 0 Å². The van der Waals surface area contributed by atoms with Crippen molar-refractivity contribution in [2.45, 2.75) is 59.7 Å². The Morgan fingerprint density at radius 2 is 1.87 bits per heavy atom. The Morgan fingerprint density at radius 1 is 1.26 bits per heavy atom. The van der Waals surface area contributed by atoms with Gasteiger partial charge in [-0.2, -0.15) is 0 Å². The van der Waals surface area contributed by atoms with Crippen LogP contribution in [0, 0.1) is 5.41 Å². The molecule has 0 spiro atoms. The van der Waals surface area contributed by atoms with Crippen LogP contribution in [0.1, 0.15) is 51.7 Å². The van der Waals surface area contributed by atoms with Crippen LogP contribution in [-0.2, 0) is 17.9 Å². The van der Waals surface area contributed by atoms with Crippen molar-refractivity contribution in [3.63, 3.8) is 0 Å². The third-order valence-electron chi connectivity index (χ3n) is 4.98. The van der Waals surface area contributed by atoms with Gasteiger partial charge in [0.2, 0.25) is 5.91 Å². The Morgan fingerprint density at radius 3 is 2.39 bits per heavy atom. The minimum atomic E-state index is -0.435. The fourth-order valence-electron chi connectivity index (χ4n) is 2.63. The van der Waals surface area contributed by atoms with Crippen molar-refractivity contribution in [3.05, 3.63) is 35.4 Å². The largest absolute Gasteiger partial charge is 0.352 e. The molecule has 1 aromatic rings. The molecule has 0 radical (unpaired) electrons. The van der Waals surface area contributed by atoms with E-state index in [-0.39, 0.29) is 5.91 Å². The molecule has 1 rings (SSSR count).